The van der Waals surface area contributed by atoms with Crippen LogP contribution >= 0.6 is 0 Å². The standard InChI is InChI=1S/C24H23F2N5O4/c1-3-34-11-12(2)27-23-29-17-7-6-16(28-20(17)35-23)19-18(14-5-4-13(25)10-15(14)26)30-21(31-19)24(8-9-24)22(32)33/h4-7,10,12H,3,8-9,11H2,1-2H3,(H,27,29)(H,30,31)(H,32,33)/t12-/m0/s1. The monoisotopic (exact) mass is 483 g/mol. The van der Waals surface area contributed by atoms with Crippen LogP contribution in [-0.4, -0.2) is 50.3 Å². The lowest BCUT2D eigenvalue weighted by Crippen LogP contribution is -2.21. The third-order valence-corrected chi connectivity index (χ3v) is 5.96. The van der Waals surface area contributed by atoms with Crippen LogP contribution in [0.4, 0.5) is 14.8 Å². The van der Waals surface area contributed by atoms with E-state index in [0.717, 1.165) is 12.1 Å². The van der Waals surface area contributed by atoms with Gasteiger partial charge >= 0.3 is 5.97 Å². The first-order valence-corrected chi connectivity index (χ1v) is 11.2. The molecule has 0 saturated heterocycles. The van der Waals surface area contributed by atoms with E-state index in [9.17, 15) is 18.7 Å². The molecule has 0 spiro atoms. The summed E-state index contributed by atoms with van der Waals surface area (Å²) in [5, 5.41) is 12.8. The van der Waals surface area contributed by atoms with Gasteiger partial charge in [-0.2, -0.15) is 4.98 Å². The Kier molecular flexibility index (Phi) is 5.72. The van der Waals surface area contributed by atoms with E-state index in [1.165, 1.54) is 6.07 Å². The molecular formula is C24H23F2N5O4. The van der Waals surface area contributed by atoms with Crippen LogP contribution < -0.4 is 5.32 Å². The topological polar surface area (TPSA) is 126 Å². The third kappa shape index (κ3) is 4.23. The quantitative estimate of drug-likeness (QED) is 0.317. The number of anilines is 1. The van der Waals surface area contributed by atoms with Crippen molar-refractivity contribution in [2.75, 3.05) is 18.5 Å². The minimum atomic E-state index is -1.16. The van der Waals surface area contributed by atoms with Crippen molar-refractivity contribution < 1.29 is 27.8 Å². The predicted octanol–water partition coefficient (Wildman–Crippen LogP) is 4.51. The van der Waals surface area contributed by atoms with Gasteiger partial charge in [0.05, 0.1) is 24.0 Å². The van der Waals surface area contributed by atoms with Crippen LogP contribution in [-0.2, 0) is 14.9 Å². The van der Waals surface area contributed by atoms with E-state index in [2.05, 4.69) is 25.3 Å². The maximum Gasteiger partial charge on any atom is 0.317 e. The number of hydrogen-bond acceptors (Lipinski definition) is 7. The second-order valence-electron chi connectivity index (χ2n) is 8.57. The number of nitrogens with zero attached hydrogens (tertiary/aromatic N) is 3. The van der Waals surface area contributed by atoms with Crippen molar-refractivity contribution in [2.45, 2.75) is 38.1 Å². The van der Waals surface area contributed by atoms with Crippen molar-refractivity contribution in [1.29, 1.82) is 0 Å². The minimum absolute atomic E-state index is 0.0247. The summed E-state index contributed by atoms with van der Waals surface area (Å²) in [6.45, 7) is 4.90. The van der Waals surface area contributed by atoms with E-state index < -0.39 is 23.0 Å². The van der Waals surface area contributed by atoms with E-state index in [-0.39, 0.29) is 34.9 Å². The molecule has 182 valence electrons. The highest BCUT2D eigenvalue weighted by Crippen LogP contribution is 2.48. The normalized spacial score (nSPS) is 15.3. The summed E-state index contributed by atoms with van der Waals surface area (Å²) in [6.07, 6.45) is 0.814. The number of fused-ring (bicyclic) bond motifs is 1. The lowest BCUT2D eigenvalue weighted by atomic mass is 10.1. The SMILES string of the molecule is CCOC[C@H](C)Nc1nc2ccc(-c3[nH]c(C4(C(=O)O)CC4)nc3-c3ccc(F)cc3F)nc2o1. The van der Waals surface area contributed by atoms with Gasteiger partial charge in [-0.15, -0.1) is 0 Å². The Labute approximate surface area is 198 Å². The molecule has 0 radical (unpaired) electrons. The molecule has 11 heteroatoms. The summed E-state index contributed by atoms with van der Waals surface area (Å²) in [6, 6.07) is 6.71. The molecule has 1 aromatic carbocycles. The number of benzene rings is 1. The van der Waals surface area contributed by atoms with Gasteiger partial charge in [-0.25, -0.2) is 18.7 Å². The van der Waals surface area contributed by atoms with E-state index in [4.69, 9.17) is 9.15 Å². The first kappa shape index (κ1) is 22.9. The Balaban J connectivity index is 1.57. The molecule has 1 saturated carbocycles. The number of aromatic amines is 1. The van der Waals surface area contributed by atoms with E-state index in [1.54, 1.807) is 12.1 Å². The predicted molar refractivity (Wildman–Crippen MR) is 123 cm³/mol. The molecule has 1 aliphatic carbocycles. The molecule has 1 fully saturated rings. The van der Waals surface area contributed by atoms with Gasteiger partial charge in [0.25, 0.3) is 6.01 Å². The first-order chi connectivity index (χ1) is 16.8. The van der Waals surface area contributed by atoms with Gasteiger partial charge in [0, 0.05) is 18.2 Å². The number of carboxylic acid groups (broad SMARTS) is 1. The highest BCUT2D eigenvalue weighted by atomic mass is 19.1. The smallest absolute Gasteiger partial charge is 0.317 e. The number of carboxylic acids is 1. The van der Waals surface area contributed by atoms with Gasteiger partial charge in [-0.05, 0) is 51.0 Å². The molecule has 3 N–H and O–H groups in total. The molecule has 0 unspecified atom stereocenters. The average Bonchev–Trinajstić information content (AvgIpc) is 3.36. The number of nitrogens with one attached hydrogen (secondary N) is 2. The Bertz CT molecular complexity index is 1410. The van der Waals surface area contributed by atoms with E-state index in [0.29, 0.717) is 43.0 Å². The number of oxazole rings is 1. The molecule has 3 aromatic heterocycles. The summed E-state index contributed by atoms with van der Waals surface area (Å²) in [5.74, 6) is -2.36. The van der Waals surface area contributed by atoms with E-state index >= 15 is 0 Å². The fourth-order valence-corrected chi connectivity index (χ4v) is 3.90. The second-order valence-corrected chi connectivity index (χ2v) is 8.57. The van der Waals surface area contributed by atoms with Gasteiger partial charge in [0.2, 0.25) is 5.71 Å². The third-order valence-electron chi connectivity index (χ3n) is 5.96. The van der Waals surface area contributed by atoms with Gasteiger partial charge in [0.1, 0.15) is 34.1 Å². The van der Waals surface area contributed by atoms with Crippen LogP contribution in [0.15, 0.2) is 34.7 Å². The van der Waals surface area contributed by atoms with Crippen LogP contribution in [0, 0.1) is 11.6 Å². The number of aromatic nitrogens is 4. The molecule has 5 rings (SSSR count). The highest BCUT2D eigenvalue weighted by Gasteiger charge is 2.54. The van der Waals surface area contributed by atoms with Crippen molar-refractivity contribution >= 4 is 23.2 Å². The van der Waals surface area contributed by atoms with Crippen LogP contribution in [0.25, 0.3) is 33.9 Å². The van der Waals surface area contributed by atoms with Crippen molar-refractivity contribution in [3.05, 3.63) is 47.8 Å². The summed E-state index contributed by atoms with van der Waals surface area (Å²) in [5.41, 5.74) is 0.384. The molecule has 4 aromatic rings. The van der Waals surface area contributed by atoms with Gasteiger partial charge in [-0.1, -0.05) is 0 Å². The first-order valence-electron chi connectivity index (χ1n) is 11.2. The average molecular weight is 483 g/mol. The van der Waals surface area contributed by atoms with Crippen LogP contribution in [0.1, 0.15) is 32.5 Å². The number of H-pyrrole nitrogens is 1. The molecule has 0 bridgehead atoms. The van der Waals surface area contributed by atoms with Crippen molar-refractivity contribution in [1.82, 2.24) is 19.9 Å². The molecule has 0 aliphatic heterocycles. The fraction of sp³-hybridized carbons (Fsp3) is 0.333. The Morgan fingerprint density at radius 1 is 1.26 bits per heavy atom. The van der Waals surface area contributed by atoms with Crippen molar-refractivity contribution in [2.24, 2.45) is 0 Å². The van der Waals surface area contributed by atoms with Gasteiger partial charge in [-0.3, -0.25) is 4.79 Å². The minimum Gasteiger partial charge on any atom is -0.480 e. The highest BCUT2D eigenvalue weighted by molar-refractivity contribution is 5.86. The molecule has 9 nitrogen and oxygen atoms in total. The van der Waals surface area contributed by atoms with Crippen LogP contribution in [0.3, 0.4) is 0 Å². The zero-order valence-electron chi connectivity index (χ0n) is 19.1. The number of halogens is 2. The number of ether oxygens (including phenoxy) is 1. The molecule has 1 aliphatic rings. The van der Waals surface area contributed by atoms with Crippen molar-refractivity contribution in [3.63, 3.8) is 0 Å². The van der Waals surface area contributed by atoms with Gasteiger partial charge < -0.3 is 24.6 Å². The number of aliphatic carboxylic acids is 1. The Hall–Kier alpha value is -3.86. The summed E-state index contributed by atoms with van der Waals surface area (Å²) in [4.78, 5) is 28.3. The number of rotatable bonds is 9. The number of hydrogen-bond donors (Lipinski definition) is 3. The Morgan fingerprint density at radius 2 is 2.06 bits per heavy atom. The summed E-state index contributed by atoms with van der Waals surface area (Å²) < 4.78 is 39.4. The van der Waals surface area contributed by atoms with Crippen LogP contribution in [0.2, 0.25) is 0 Å². The summed E-state index contributed by atoms with van der Waals surface area (Å²) >= 11 is 0. The lowest BCUT2D eigenvalue weighted by molar-refractivity contribution is -0.140. The van der Waals surface area contributed by atoms with Gasteiger partial charge in [0.15, 0.2) is 0 Å². The number of pyridine rings is 1. The molecule has 0 amide bonds. The Morgan fingerprint density at radius 3 is 2.74 bits per heavy atom. The largest absolute Gasteiger partial charge is 0.480 e. The lowest BCUT2D eigenvalue weighted by Gasteiger charge is -2.10. The molecule has 3 heterocycles. The van der Waals surface area contributed by atoms with Crippen LogP contribution in [0.5, 0.6) is 0 Å². The zero-order chi connectivity index (χ0) is 24.7. The second kappa shape index (κ2) is 8.73. The molecule has 35 heavy (non-hydrogen) atoms. The summed E-state index contributed by atoms with van der Waals surface area (Å²) in [7, 11) is 0. The number of imidazole rings is 1. The molecular weight excluding hydrogens is 460 g/mol. The van der Waals surface area contributed by atoms with E-state index in [1.807, 2.05) is 13.8 Å². The zero-order valence-corrected chi connectivity index (χ0v) is 19.1. The maximum absolute atomic E-state index is 14.7. The maximum atomic E-state index is 14.7. The number of carbonyl (C=O) groups is 1. The fourth-order valence-electron chi connectivity index (χ4n) is 3.90. The molecule has 1 atom stereocenters. The van der Waals surface area contributed by atoms with Crippen molar-refractivity contribution in [3.8, 4) is 22.6 Å².